The average Bonchev–Trinajstić information content (AvgIpc) is 2.92. The van der Waals surface area contributed by atoms with Crippen molar-refractivity contribution in [3.8, 4) is 17.2 Å². The predicted molar refractivity (Wildman–Crippen MR) is 148 cm³/mol. The molecule has 0 aliphatic heterocycles. The highest BCUT2D eigenvalue weighted by molar-refractivity contribution is 7.89. The van der Waals surface area contributed by atoms with E-state index in [0.29, 0.717) is 35.1 Å². The maximum absolute atomic E-state index is 13.3. The van der Waals surface area contributed by atoms with Crippen LogP contribution in [0.5, 0.6) is 17.2 Å². The van der Waals surface area contributed by atoms with Crippen molar-refractivity contribution in [2.45, 2.75) is 31.2 Å². The van der Waals surface area contributed by atoms with Crippen LogP contribution in [0.2, 0.25) is 0 Å². The van der Waals surface area contributed by atoms with Crippen molar-refractivity contribution in [2.24, 2.45) is 0 Å². The molecule has 0 unspecified atom stereocenters. The van der Waals surface area contributed by atoms with Crippen molar-refractivity contribution >= 4 is 21.6 Å². The van der Waals surface area contributed by atoms with E-state index in [4.69, 9.17) is 9.47 Å². The van der Waals surface area contributed by atoms with Gasteiger partial charge in [0.25, 0.3) is 0 Å². The van der Waals surface area contributed by atoms with E-state index in [1.165, 1.54) is 12.1 Å². The molecule has 2 N–H and O–H groups in total. The van der Waals surface area contributed by atoms with E-state index in [-0.39, 0.29) is 11.3 Å². The molecule has 0 saturated heterocycles. The van der Waals surface area contributed by atoms with Gasteiger partial charge in [0.1, 0.15) is 23.3 Å². The van der Waals surface area contributed by atoms with Gasteiger partial charge >= 0.3 is 0 Å². The molecule has 196 valence electrons. The van der Waals surface area contributed by atoms with Gasteiger partial charge in [-0.3, -0.25) is 4.79 Å². The summed E-state index contributed by atoms with van der Waals surface area (Å²) in [6.45, 7) is 4.12. The number of para-hydroxylation sites is 1. The van der Waals surface area contributed by atoms with Gasteiger partial charge in [-0.1, -0.05) is 48.5 Å². The fourth-order valence-electron chi connectivity index (χ4n) is 3.86. The van der Waals surface area contributed by atoms with Crippen LogP contribution in [-0.4, -0.2) is 27.0 Å². The van der Waals surface area contributed by atoms with Crippen molar-refractivity contribution in [3.05, 3.63) is 114 Å². The molecule has 0 aliphatic carbocycles. The number of amides is 1. The Morgan fingerprint density at radius 1 is 0.842 bits per heavy atom. The van der Waals surface area contributed by atoms with Crippen LogP contribution < -0.4 is 19.5 Å². The lowest BCUT2D eigenvalue weighted by atomic mass is 10.1. The number of ether oxygens (including phenoxy) is 2. The van der Waals surface area contributed by atoms with Crippen LogP contribution in [-0.2, 0) is 21.2 Å². The fraction of sp³-hybridized carbons (Fsp3) is 0.167. The number of nitrogens with one attached hydrogen (secondary N) is 2. The van der Waals surface area contributed by atoms with Crippen LogP contribution >= 0.6 is 0 Å². The third-order valence-electron chi connectivity index (χ3n) is 5.75. The molecule has 38 heavy (non-hydrogen) atoms. The highest BCUT2D eigenvalue weighted by Crippen LogP contribution is 2.24. The minimum Gasteiger partial charge on any atom is -0.494 e. The summed E-state index contributed by atoms with van der Waals surface area (Å²) in [5.41, 5.74) is 2.03. The topological polar surface area (TPSA) is 93.7 Å². The summed E-state index contributed by atoms with van der Waals surface area (Å²) in [6, 6.07) is 29.1. The molecule has 1 atom stereocenters. The zero-order valence-electron chi connectivity index (χ0n) is 21.3. The molecule has 7 nitrogen and oxygen atoms in total. The van der Waals surface area contributed by atoms with Gasteiger partial charge < -0.3 is 14.8 Å². The number of carbonyl (C=O) groups is 1. The summed E-state index contributed by atoms with van der Waals surface area (Å²) in [4.78, 5) is 13.4. The molecule has 4 rings (SSSR count). The summed E-state index contributed by atoms with van der Waals surface area (Å²) in [6.07, 6.45) is 0.178. The van der Waals surface area contributed by atoms with Crippen molar-refractivity contribution in [2.75, 3.05) is 11.9 Å². The summed E-state index contributed by atoms with van der Waals surface area (Å²) in [5.74, 6) is 1.45. The minimum absolute atomic E-state index is 0.0618. The summed E-state index contributed by atoms with van der Waals surface area (Å²) in [7, 11) is -4.00. The van der Waals surface area contributed by atoms with E-state index in [1.54, 1.807) is 37.3 Å². The normalized spacial score (nSPS) is 11.9. The number of hydrogen-bond donors (Lipinski definition) is 2. The second kappa shape index (κ2) is 12.4. The van der Waals surface area contributed by atoms with E-state index in [1.807, 2.05) is 67.6 Å². The first-order valence-electron chi connectivity index (χ1n) is 12.3. The van der Waals surface area contributed by atoms with Crippen molar-refractivity contribution in [1.82, 2.24) is 4.72 Å². The standard InChI is InChI=1S/C30H30N2O5S/c1-3-36-29-19-18-27(20-22(29)2)38(34,35)32-28(21-23-10-6-4-7-11-23)30(33)31-24-14-16-26(17-15-24)37-25-12-8-5-9-13-25/h4-20,28,32H,3,21H2,1-2H3,(H,31,33)/t28-/m0/s1. The Morgan fingerprint density at radius 2 is 1.47 bits per heavy atom. The van der Waals surface area contributed by atoms with Crippen LogP contribution in [0.25, 0.3) is 0 Å². The van der Waals surface area contributed by atoms with Crippen molar-refractivity contribution < 1.29 is 22.7 Å². The average molecular weight is 531 g/mol. The highest BCUT2D eigenvalue weighted by atomic mass is 32.2. The van der Waals surface area contributed by atoms with Gasteiger partial charge in [0.15, 0.2) is 0 Å². The molecule has 4 aromatic carbocycles. The van der Waals surface area contributed by atoms with E-state index in [9.17, 15) is 13.2 Å². The smallest absolute Gasteiger partial charge is 0.242 e. The van der Waals surface area contributed by atoms with Gasteiger partial charge in [0.2, 0.25) is 15.9 Å². The molecular weight excluding hydrogens is 500 g/mol. The first-order chi connectivity index (χ1) is 18.3. The SMILES string of the molecule is CCOc1ccc(S(=O)(=O)N[C@@H](Cc2ccccc2)C(=O)Nc2ccc(Oc3ccccc3)cc2)cc1C. The number of carbonyl (C=O) groups excluding carboxylic acids is 1. The zero-order valence-corrected chi connectivity index (χ0v) is 22.1. The van der Waals surface area contributed by atoms with Gasteiger partial charge in [-0.05, 0) is 86.0 Å². The highest BCUT2D eigenvalue weighted by Gasteiger charge is 2.27. The van der Waals surface area contributed by atoms with Crippen molar-refractivity contribution in [3.63, 3.8) is 0 Å². The number of rotatable bonds is 11. The number of anilines is 1. The second-order valence-corrected chi connectivity index (χ2v) is 10.4. The lowest BCUT2D eigenvalue weighted by molar-refractivity contribution is -0.117. The number of benzene rings is 4. The molecule has 4 aromatic rings. The molecule has 0 saturated carbocycles. The maximum Gasteiger partial charge on any atom is 0.242 e. The van der Waals surface area contributed by atoms with Crippen LogP contribution in [0.3, 0.4) is 0 Å². The summed E-state index contributed by atoms with van der Waals surface area (Å²) >= 11 is 0. The van der Waals surface area contributed by atoms with Gasteiger partial charge in [-0.15, -0.1) is 0 Å². The molecular formula is C30H30N2O5S. The number of aryl methyl sites for hydroxylation is 1. The molecule has 0 bridgehead atoms. The quantitative estimate of drug-likeness (QED) is 0.259. The Bertz CT molecular complexity index is 1460. The van der Waals surface area contributed by atoms with Gasteiger partial charge in [0, 0.05) is 5.69 Å². The molecule has 8 heteroatoms. The van der Waals surface area contributed by atoms with E-state index >= 15 is 0 Å². The third-order valence-corrected chi connectivity index (χ3v) is 7.22. The molecule has 0 aromatic heterocycles. The first-order valence-corrected chi connectivity index (χ1v) is 13.8. The Labute approximate surface area is 223 Å². The molecule has 0 heterocycles. The lowest BCUT2D eigenvalue weighted by Gasteiger charge is -2.19. The number of sulfonamides is 1. The molecule has 1 amide bonds. The Balaban J connectivity index is 1.51. The van der Waals surface area contributed by atoms with Crippen LogP contribution in [0.1, 0.15) is 18.1 Å². The molecule has 0 fully saturated rings. The van der Waals surface area contributed by atoms with Crippen LogP contribution in [0, 0.1) is 6.92 Å². The largest absolute Gasteiger partial charge is 0.494 e. The van der Waals surface area contributed by atoms with Crippen LogP contribution in [0.15, 0.2) is 108 Å². The molecule has 0 spiro atoms. The minimum atomic E-state index is -4.00. The van der Waals surface area contributed by atoms with Gasteiger partial charge in [-0.2, -0.15) is 4.72 Å². The van der Waals surface area contributed by atoms with Crippen molar-refractivity contribution in [1.29, 1.82) is 0 Å². The Hall–Kier alpha value is -4.14. The third kappa shape index (κ3) is 7.21. The predicted octanol–water partition coefficient (Wildman–Crippen LogP) is 5.71. The summed E-state index contributed by atoms with van der Waals surface area (Å²) in [5, 5.41) is 2.82. The Morgan fingerprint density at radius 3 is 2.11 bits per heavy atom. The molecule has 0 radical (unpaired) electrons. The number of hydrogen-bond acceptors (Lipinski definition) is 5. The molecule has 0 aliphatic rings. The second-order valence-electron chi connectivity index (χ2n) is 8.65. The van der Waals surface area contributed by atoms with E-state index in [0.717, 1.165) is 5.56 Å². The zero-order chi connectivity index (χ0) is 27.0. The maximum atomic E-state index is 13.3. The van der Waals surface area contributed by atoms with Gasteiger partial charge in [-0.25, -0.2) is 8.42 Å². The van der Waals surface area contributed by atoms with Crippen LogP contribution in [0.4, 0.5) is 5.69 Å². The summed E-state index contributed by atoms with van der Waals surface area (Å²) < 4.78 is 40.5. The van der Waals surface area contributed by atoms with Gasteiger partial charge in [0.05, 0.1) is 11.5 Å². The monoisotopic (exact) mass is 530 g/mol. The Kier molecular flexibility index (Phi) is 8.78. The van der Waals surface area contributed by atoms with E-state index < -0.39 is 22.0 Å². The first kappa shape index (κ1) is 26.9. The van der Waals surface area contributed by atoms with E-state index in [2.05, 4.69) is 10.0 Å². The lowest BCUT2D eigenvalue weighted by Crippen LogP contribution is -2.45. The fourth-order valence-corrected chi connectivity index (χ4v) is 5.14.